The minimum atomic E-state index is -2.68. The summed E-state index contributed by atoms with van der Waals surface area (Å²) in [4.78, 5) is 10.7. The average Bonchev–Trinajstić information content (AvgIpc) is 2.22. The van der Waals surface area contributed by atoms with Gasteiger partial charge in [-0.25, -0.2) is 4.79 Å². The van der Waals surface area contributed by atoms with Crippen molar-refractivity contribution in [3.8, 4) is 0 Å². The second kappa shape index (κ2) is 4.62. The number of aliphatic carboxylic acids is 1. The van der Waals surface area contributed by atoms with Crippen LogP contribution in [0, 0.1) is 0 Å². The quantitative estimate of drug-likeness (QED) is 0.298. The van der Waals surface area contributed by atoms with Crippen molar-refractivity contribution < 1.29 is 40.2 Å². The normalized spacial score (nSPS) is 41.7. The summed E-state index contributed by atoms with van der Waals surface area (Å²) in [6.45, 7) is -0.801. The van der Waals surface area contributed by atoms with Gasteiger partial charge in [0.15, 0.2) is 0 Å². The molecule has 0 spiro atoms. The Morgan fingerprint density at radius 3 is 2.50 bits per heavy atom. The SMILES string of the molecule is O=C(O)C1(O)CC(O)[C@@H](O)C([C@H](O)CO)O1. The van der Waals surface area contributed by atoms with Crippen LogP contribution < -0.4 is 0 Å². The second-order valence-corrected chi connectivity index (χ2v) is 3.68. The highest BCUT2D eigenvalue weighted by Gasteiger charge is 2.52. The highest BCUT2D eigenvalue weighted by molar-refractivity contribution is 5.75. The molecular weight excluding hydrogens is 224 g/mol. The predicted octanol–water partition coefficient (Wildman–Crippen LogP) is -3.38. The van der Waals surface area contributed by atoms with Crippen molar-refractivity contribution in [2.24, 2.45) is 0 Å². The molecule has 3 unspecified atom stereocenters. The zero-order chi connectivity index (χ0) is 12.5. The fourth-order valence-corrected chi connectivity index (χ4v) is 1.51. The molecule has 0 amide bonds. The summed E-state index contributed by atoms with van der Waals surface area (Å²) in [6.07, 6.45) is -7.05. The van der Waals surface area contributed by atoms with E-state index < -0.39 is 49.2 Å². The van der Waals surface area contributed by atoms with Gasteiger partial charge in [0.05, 0.1) is 12.7 Å². The number of hydrogen-bond acceptors (Lipinski definition) is 7. The molecule has 0 saturated carbocycles. The molecule has 1 heterocycles. The van der Waals surface area contributed by atoms with Crippen LogP contribution in [0.25, 0.3) is 0 Å². The fraction of sp³-hybridized carbons (Fsp3) is 0.875. The number of ether oxygens (including phenoxy) is 1. The van der Waals surface area contributed by atoms with Gasteiger partial charge in [-0.3, -0.25) is 0 Å². The zero-order valence-electron chi connectivity index (χ0n) is 8.22. The molecule has 8 heteroatoms. The van der Waals surface area contributed by atoms with Crippen molar-refractivity contribution in [3.63, 3.8) is 0 Å². The molecule has 16 heavy (non-hydrogen) atoms. The number of hydrogen-bond donors (Lipinski definition) is 6. The molecule has 1 rings (SSSR count). The first-order valence-corrected chi connectivity index (χ1v) is 4.60. The highest BCUT2D eigenvalue weighted by atomic mass is 16.7. The van der Waals surface area contributed by atoms with E-state index in [4.69, 9.17) is 10.2 Å². The number of carboxylic acids is 1. The Balaban J connectivity index is 2.89. The van der Waals surface area contributed by atoms with Gasteiger partial charge in [-0.15, -0.1) is 0 Å². The summed E-state index contributed by atoms with van der Waals surface area (Å²) in [5.74, 6) is -4.42. The third kappa shape index (κ3) is 2.32. The predicted molar refractivity (Wildman–Crippen MR) is 47.2 cm³/mol. The third-order valence-corrected chi connectivity index (χ3v) is 2.45. The Bertz CT molecular complexity index is 269. The van der Waals surface area contributed by atoms with E-state index in [0.29, 0.717) is 0 Å². The van der Waals surface area contributed by atoms with Gasteiger partial charge in [0.1, 0.15) is 18.3 Å². The Morgan fingerprint density at radius 1 is 1.50 bits per heavy atom. The molecule has 94 valence electrons. The van der Waals surface area contributed by atoms with Gasteiger partial charge < -0.3 is 35.4 Å². The van der Waals surface area contributed by atoms with Crippen LogP contribution in [-0.2, 0) is 9.53 Å². The minimum Gasteiger partial charge on any atom is -0.477 e. The molecule has 6 N–H and O–H groups in total. The number of carbonyl (C=O) groups is 1. The van der Waals surface area contributed by atoms with Crippen LogP contribution in [-0.4, -0.2) is 73.4 Å². The number of aliphatic hydroxyl groups is 5. The van der Waals surface area contributed by atoms with Crippen molar-refractivity contribution in [2.75, 3.05) is 6.61 Å². The molecule has 0 aliphatic carbocycles. The molecule has 0 aromatic heterocycles. The zero-order valence-corrected chi connectivity index (χ0v) is 8.22. The molecule has 5 atom stereocenters. The lowest BCUT2D eigenvalue weighted by atomic mass is 9.93. The van der Waals surface area contributed by atoms with E-state index in [-0.39, 0.29) is 0 Å². The lowest BCUT2D eigenvalue weighted by Gasteiger charge is -2.41. The maximum Gasteiger partial charge on any atom is 0.364 e. The summed E-state index contributed by atoms with van der Waals surface area (Å²) in [7, 11) is 0. The summed E-state index contributed by atoms with van der Waals surface area (Å²) in [5, 5.41) is 54.7. The number of carboxylic acid groups (broad SMARTS) is 1. The van der Waals surface area contributed by atoms with Crippen LogP contribution in [0.3, 0.4) is 0 Å². The first kappa shape index (κ1) is 13.3. The lowest BCUT2D eigenvalue weighted by Crippen LogP contribution is -2.61. The van der Waals surface area contributed by atoms with Gasteiger partial charge >= 0.3 is 5.97 Å². The van der Waals surface area contributed by atoms with Gasteiger partial charge in [0, 0.05) is 6.42 Å². The molecule has 0 radical (unpaired) electrons. The molecule has 0 aromatic rings. The molecule has 8 nitrogen and oxygen atoms in total. The smallest absolute Gasteiger partial charge is 0.364 e. The topological polar surface area (TPSA) is 148 Å². The molecular formula is C8H14O8. The van der Waals surface area contributed by atoms with E-state index in [0.717, 1.165) is 0 Å². The maximum absolute atomic E-state index is 10.7. The summed E-state index contributed by atoms with van der Waals surface area (Å²) in [5.41, 5.74) is 0. The number of rotatable bonds is 3. The third-order valence-electron chi connectivity index (χ3n) is 2.45. The Morgan fingerprint density at radius 2 is 2.06 bits per heavy atom. The maximum atomic E-state index is 10.7. The van der Waals surface area contributed by atoms with E-state index in [2.05, 4.69) is 4.74 Å². The average molecular weight is 238 g/mol. The monoisotopic (exact) mass is 238 g/mol. The summed E-state index contributed by atoms with van der Waals surface area (Å²) >= 11 is 0. The molecule has 0 bridgehead atoms. The first-order valence-electron chi connectivity index (χ1n) is 4.60. The highest BCUT2D eigenvalue weighted by Crippen LogP contribution is 2.29. The molecule has 1 saturated heterocycles. The van der Waals surface area contributed by atoms with E-state index in [9.17, 15) is 25.2 Å². The standard InChI is InChI=1S/C8H14O8/c9-2-4(11)6-5(12)3(10)1-8(15,16-6)7(13)14/h3-6,9-12,15H,1-2H2,(H,13,14)/t3?,4-,5-,6?,8?/m1/s1. The van der Waals surface area contributed by atoms with Crippen molar-refractivity contribution in [2.45, 2.75) is 36.6 Å². The molecule has 1 aliphatic heterocycles. The van der Waals surface area contributed by atoms with E-state index in [1.54, 1.807) is 0 Å². The largest absolute Gasteiger partial charge is 0.477 e. The van der Waals surface area contributed by atoms with Gasteiger partial charge in [-0.1, -0.05) is 0 Å². The Hall–Kier alpha value is -0.770. The van der Waals surface area contributed by atoms with Crippen molar-refractivity contribution in [1.82, 2.24) is 0 Å². The van der Waals surface area contributed by atoms with Crippen LogP contribution in [0.15, 0.2) is 0 Å². The van der Waals surface area contributed by atoms with Gasteiger partial charge in [-0.2, -0.15) is 0 Å². The van der Waals surface area contributed by atoms with E-state index in [1.807, 2.05) is 0 Å². The minimum absolute atomic E-state index is 0.724. The lowest BCUT2D eigenvalue weighted by molar-refractivity contribution is -0.308. The Kier molecular flexibility index (Phi) is 3.84. The first-order chi connectivity index (χ1) is 7.31. The van der Waals surface area contributed by atoms with Crippen LogP contribution in [0.2, 0.25) is 0 Å². The molecule has 0 aromatic carbocycles. The van der Waals surface area contributed by atoms with Crippen LogP contribution >= 0.6 is 0 Å². The molecule has 1 aliphatic rings. The van der Waals surface area contributed by atoms with Gasteiger partial charge in [-0.05, 0) is 0 Å². The fourth-order valence-electron chi connectivity index (χ4n) is 1.51. The van der Waals surface area contributed by atoms with Gasteiger partial charge in [0.25, 0.3) is 5.79 Å². The second-order valence-electron chi connectivity index (χ2n) is 3.68. The van der Waals surface area contributed by atoms with Crippen molar-refractivity contribution in [1.29, 1.82) is 0 Å². The van der Waals surface area contributed by atoms with Gasteiger partial charge in [0.2, 0.25) is 0 Å². The van der Waals surface area contributed by atoms with Crippen molar-refractivity contribution in [3.05, 3.63) is 0 Å². The van der Waals surface area contributed by atoms with E-state index in [1.165, 1.54) is 0 Å². The summed E-state index contributed by atoms with van der Waals surface area (Å²) < 4.78 is 4.61. The van der Waals surface area contributed by atoms with Crippen LogP contribution in [0.1, 0.15) is 6.42 Å². The summed E-state index contributed by atoms with van der Waals surface area (Å²) in [6, 6.07) is 0. The van der Waals surface area contributed by atoms with E-state index >= 15 is 0 Å². The van der Waals surface area contributed by atoms with Crippen LogP contribution in [0.5, 0.6) is 0 Å². The molecule has 1 fully saturated rings. The van der Waals surface area contributed by atoms with Crippen LogP contribution in [0.4, 0.5) is 0 Å². The Labute approximate surface area is 90.3 Å². The van der Waals surface area contributed by atoms with Crippen molar-refractivity contribution >= 4 is 5.97 Å². The number of aliphatic hydroxyl groups excluding tert-OH is 4.